The maximum atomic E-state index is 6.12. The molecule has 0 aliphatic carbocycles. The zero-order valence-corrected chi connectivity index (χ0v) is 15.3. The monoisotopic (exact) mass is 351 g/mol. The van der Waals surface area contributed by atoms with Crippen LogP contribution in [0.4, 0.5) is 5.82 Å². The predicted molar refractivity (Wildman–Crippen MR) is 104 cm³/mol. The third kappa shape index (κ3) is 2.64. The van der Waals surface area contributed by atoms with Gasteiger partial charge in [-0.25, -0.2) is 9.97 Å². The summed E-state index contributed by atoms with van der Waals surface area (Å²) in [4.78, 5) is 16.6. The van der Waals surface area contributed by atoms with Crippen molar-refractivity contribution in [2.75, 3.05) is 50.7 Å². The fourth-order valence-electron chi connectivity index (χ4n) is 4.41. The van der Waals surface area contributed by atoms with Gasteiger partial charge in [-0.1, -0.05) is 19.1 Å². The molecule has 2 aliphatic rings. The van der Waals surface area contributed by atoms with Crippen LogP contribution in [0.5, 0.6) is 0 Å². The van der Waals surface area contributed by atoms with Crippen LogP contribution < -0.4 is 4.90 Å². The fourth-order valence-corrected chi connectivity index (χ4v) is 4.41. The molecular weight excluding hydrogens is 326 g/mol. The smallest absolute Gasteiger partial charge is 0.196 e. The Hall–Kier alpha value is -2.18. The van der Waals surface area contributed by atoms with Crippen molar-refractivity contribution < 1.29 is 4.42 Å². The number of nitrogens with zero attached hydrogens (tertiary/aromatic N) is 5. The Morgan fingerprint density at radius 1 is 1.08 bits per heavy atom. The molecule has 26 heavy (non-hydrogen) atoms. The summed E-state index contributed by atoms with van der Waals surface area (Å²) in [7, 11) is 0. The van der Waals surface area contributed by atoms with Crippen molar-refractivity contribution in [1.82, 2.24) is 19.8 Å². The van der Waals surface area contributed by atoms with Crippen molar-refractivity contribution in [2.24, 2.45) is 0 Å². The summed E-state index contributed by atoms with van der Waals surface area (Å²) < 4.78 is 6.12. The van der Waals surface area contributed by atoms with Gasteiger partial charge in [0.2, 0.25) is 0 Å². The lowest BCUT2D eigenvalue weighted by Gasteiger charge is -2.37. The molecule has 2 fully saturated rings. The van der Waals surface area contributed by atoms with Crippen LogP contribution in [0.3, 0.4) is 0 Å². The Bertz CT molecular complexity index is 915. The highest BCUT2D eigenvalue weighted by Gasteiger charge is 2.31. The zero-order valence-electron chi connectivity index (χ0n) is 15.3. The lowest BCUT2D eigenvalue weighted by atomic mass is 10.2. The summed E-state index contributed by atoms with van der Waals surface area (Å²) in [6.07, 6.45) is 2.87. The van der Waals surface area contributed by atoms with Gasteiger partial charge in [0.15, 0.2) is 11.4 Å². The normalized spacial score (nSPS) is 22.7. The minimum Gasteiger partial charge on any atom is -0.450 e. The molecule has 4 heterocycles. The van der Waals surface area contributed by atoms with E-state index in [0.717, 1.165) is 47.5 Å². The van der Waals surface area contributed by atoms with Crippen molar-refractivity contribution in [1.29, 1.82) is 0 Å². The topological polar surface area (TPSA) is 48.6 Å². The van der Waals surface area contributed by atoms with Crippen LogP contribution in [0.15, 0.2) is 35.0 Å². The maximum absolute atomic E-state index is 6.12. The van der Waals surface area contributed by atoms with E-state index in [-0.39, 0.29) is 0 Å². The molecule has 6 nitrogen and oxygen atoms in total. The number of piperazine rings is 1. The van der Waals surface area contributed by atoms with Gasteiger partial charge in [0.1, 0.15) is 17.4 Å². The molecular formula is C20H25N5O. The molecule has 3 aromatic rings. The first kappa shape index (κ1) is 16.0. The molecule has 2 aromatic heterocycles. The molecule has 0 amide bonds. The standard InChI is InChI=1S/C20H25N5O/c1-2-23-9-11-24(12-10-23)15-7-8-25(13-15)20-19-18(21-14-22-20)16-5-3-4-6-17(16)26-19/h3-6,14-15H,2,7-13H2,1H3. The Morgan fingerprint density at radius 3 is 2.77 bits per heavy atom. The number of hydrogen-bond acceptors (Lipinski definition) is 6. The fraction of sp³-hybridized carbons (Fsp3) is 0.500. The summed E-state index contributed by atoms with van der Waals surface area (Å²) in [5.41, 5.74) is 2.63. The number of hydrogen-bond donors (Lipinski definition) is 0. The first-order valence-electron chi connectivity index (χ1n) is 9.67. The number of anilines is 1. The van der Waals surface area contributed by atoms with Crippen LogP contribution >= 0.6 is 0 Å². The lowest BCUT2D eigenvalue weighted by Crippen LogP contribution is -2.50. The van der Waals surface area contributed by atoms with Crippen molar-refractivity contribution in [3.63, 3.8) is 0 Å². The van der Waals surface area contributed by atoms with Gasteiger partial charge in [-0.05, 0) is 25.1 Å². The van der Waals surface area contributed by atoms with Crippen molar-refractivity contribution >= 4 is 27.9 Å². The average Bonchev–Trinajstić information content (AvgIpc) is 3.33. The van der Waals surface area contributed by atoms with E-state index in [0.29, 0.717) is 6.04 Å². The number of rotatable bonds is 3. The van der Waals surface area contributed by atoms with Gasteiger partial charge in [0.25, 0.3) is 0 Å². The Morgan fingerprint density at radius 2 is 1.92 bits per heavy atom. The second-order valence-electron chi connectivity index (χ2n) is 7.33. The SMILES string of the molecule is CCN1CCN(C2CCN(c3ncnc4c3oc3ccccc34)C2)CC1. The van der Waals surface area contributed by atoms with Gasteiger partial charge in [0.05, 0.1) is 0 Å². The average molecular weight is 351 g/mol. The van der Waals surface area contributed by atoms with Crippen molar-refractivity contribution in [2.45, 2.75) is 19.4 Å². The van der Waals surface area contributed by atoms with Gasteiger partial charge in [-0.2, -0.15) is 0 Å². The zero-order chi connectivity index (χ0) is 17.5. The van der Waals surface area contributed by atoms with Crippen LogP contribution in [0.2, 0.25) is 0 Å². The molecule has 1 unspecified atom stereocenters. The van der Waals surface area contributed by atoms with E-state index < -0.39 is 0 Å². The minimum atomic E-state index is 0.614. The Kier molecular flexibility index (Phi) is 4.02. The van der Waals surface area contributed by atoms with Crippen LogP contribution in [0.1, 0.15) is 13.3 Å². The Labute approximate surface area is 153 Å². The lowest BCUT2D eigenvalue weighted by molar-refractivity contribution is 0.107. The van der Waals surface area contributed by atoms with Gasteiger partial charge in [-0.15, -0.1) is 0 Å². The number of aromatic nitrogens is 2. The summed E-state index contributed by atoms with van der Waals surface area (Å²) in [5, 5.41) is 1.07. The highest BCUT2D eigenvalue weighted by molar-refractivity contribution is 6.05. The van der Waals surface area contributed by atoms with Crippen LogP contribution in [0, 0.1) is 0 Å². The van der Waals surface area contributed by atoms with E-state index in [1.54, 1.807) is 6.33 Å². The van der Waals surface area contributed by atoms with E-state index in [9.17, 15) is 0 Å². The molecule has 0 N–H and O–H groups in total. The highest BCUT2D eigenvalue weighted by Crippen LogP contribution is 2.33. The summed E-state index contributed by atoms with van der Waals surface area (Å²) >= 11 is 0. The molecule has 6 heteroatoms. The van der Waals surface area contributed by atoms with Crippen molar-refractivity contribution in [3.8, 4) is 0 Å². The number of para-hydroxylation sites is 1. The highest BCUT2D eigenvalue weighted by atomic mass is 16.3. The molecule has 136 valence electrons. The van der Waals surface area contributed by atoms with E-state index >= 15 is 0 Å². The van der Waals surface area contributed by atoms with Gasteiger partial charge >= 0.3 is 0 Å². The molecule has 1 aromatic carbocycles. The largest absolute Gasteiger partial charge is 0.450 e. The van der Waals surface area contributed by atoms with E-state index in [2.05, 4.69) is 37.7 Å². The first-order chi connectivity index (χ1) is 12.8. The predicted octanol–water partition coefficient (Wildman–Crippen LogP) is 2.59. The first-order valence-corrected chi connectivity index (χ1v) is 9.67. The number of benzene rings is 1. The molecule has 1 atom stereocenters. The van der Waals surface area contributed by atoms with Crippen molar-refractivity contribution in [3.05, 3.63) is 30.6 Å². The van der Waals surface area contributed by atoms with Gasteiger partial charge in [0, 0.05) is 50.7 Å². The molecule has 0 spiro atoms. The second kappa shape index (κ2) is 6.52. The second-order valence-corrected chi connectivity index (χ2v) is 7.33. The molecule has 5 rings (SSSR count). The minimum absolute atomic E-state index is 0.614. The summed E-state index contributed by atoms with van der Waals surface area (Å²) in [6, 6.07) is 8.71. The third-order valence-corrected chi connectivity index (χ3v) is 5.97. The van der Waals surface area contributed by atoms with E-state index in [1.807, 2.05) is 18.2 Å². The summed E-state index contributed by atoms with van der Waals surface area (Å²) in [6.45, 7) is 10.2. The van der Waals surface area contributed by atoms with Crippen LogP contribution in [-0.2, 0) is 0 Å². The number of likely N-dealkylation sites (N-methyl/N-ethyl adjacent to an activating group) is 1. The van der Waals surface area contributed by atoms with Gasteiger partial charge in [-0.3, -0.25) is 4.90 Å². The summed E-state index contributed by atoms with van der Waals surface area (Å²) in [5.74, 6) is 0.945. The van der Waals surface area contributed by atoms with Gasteiger partial charge < -0.3 is 14.2 Å². The third-order valence-electron chi connectivity index (χ3n) is 5.97. The molecule has 0 radical (unpaired) electrons. The number of fused-ring (bicyclic) bond motifs is 3. The molecule has 2 saturated heterocycles. The molecule has 0 saturated carbocycles. The molecule has 2 aliphatic heterocycles. The Balaban J connectivity index is 1.39. The molecule has 0 bridgehead atoms. The van der Waals surface area contributed by atoms with E-state index in [4.69, 9.17) is 4.42 Å². The quantitative estimate of drug-likeness (QED) is 0.723. The number of furan rings is 1. The van der Waals surface area contributed by atoms with Crippen LogP contribution in [0.25, 0.3) is 22.1 Å². The van der Waals surface area contributed by atoms with E-state index in [1.165, 1.54) is 32.6 Å². The maximum Gasteiger partial charge on any atom is 0.196 e. The van der Waals surface area contributed by atoms with Crippen LogP contribution in [-0.4, -0.2) is 71.6 Å².